The number of imidazole rings is 1. The molecule has 2 aromatic carbocycles. The average molecular weight is 525 g/mol. The maximum absolute atomic E-state index is 13.6. The predicted octanol–water partition coefficient (Wildman–Crippen LogP) is 4.15. The Balaban J connectivity index is 1.31. The van der Waals surface area contributed by atoms with Crippen LogP contribution in [0, 0.1) is 5.82 Å². The molecule has 3 heterocycles. The molecule has 36 heavy (non-hydrogen) atoms. The lowest BCUT2D eigenvalue weighted by Gasteiger charge is -2.09. The molecule has 0 fully saturated rings. The molecule has 0 atom stereocenters. The van der Waals surface area contributed by atoms with Crippen LogP contribution in [0.5, 0.6) is 5.75 Å². The van der Waals surface area contributed by atoms with Gasteiger partial charge in [0, 0.05) is 36.4 Å². The number of phenolic OH excluding ortho intramolecular Hbond substituents is 1. The molecule has 0 unspecified atom stereocenters. The van der Waals surface area contributed by atoms with E-state index in [0.29, 0.717) is 41.6 Å². The molecule has 3 aromatic heterocycles. The second kappa shape index (κ2) is 10.0. The summed E-state index contributed by atoms with van der Waals surface area (Å²) in [4.78, 5) is 14.5. The maximum Gasteiger partial charge on any atom is 0.240 e. The topological polar surface area (TPSA) is 122 Å². The van der Waals surface area contributed by atoms with Crippen LogP contribution in [-0.4, -0.2) is 46.0 Å². The van der Waals surface area contributed by atoms with Gasteiger partial charge in [0.15, 0.2) is 16.5 Å². The summed E-state index contributed by atoms with van der Waals surface area (Å²) in [5.41, 5.74) is 2.37. The quantitative estimate of drug-likeness (QED) is 0.248. The molecule has 0 spiro atoms. The van der Waals surface area contributed by atoms with E-state index in [1.807, 2.05) is 16.0 Å². The van der Waals surface area contributed by atoms with Crippen molar-refractivity contribution < 1.29 is 17.9 Å². The lowest BCUT2D eigenvalue weighted by Crippen LogP contribution is -2.26. The molecule has 0 radical (unpaired) electrons. The van der Waals surface area contributed by atoms with Gasteiger partial charge in [-0.1, -0.05) is 18.2 Å². The molecule has 9 nitrogen and oxygen atoms in total. The third kappa shape index (κ3) is 4.91. The largest absolute Gasteiger partial charge is 0.505 e. The minimum Gasteiger partial charge on any atom is -0.505 e. The van der Waals surface area contributed by atoms with E-state index in [0.717, 1.165) is 4.96 Å². The SMILES string of the molecule is O=S(=O)(NCCCNc1nccc(-c2c(-c3ccc(F)c(O)c3)nc3sccn23)n1)c1ccccc1. The van der Waals surface area contributed by atoms with Gasteiger partial charge in [-0.05, 0) is 42.8 Å². The summed E-state index contributed by atoms with van der Waals surface area (Å²) in [5.74, 6) is -0.792. The molecule has 12 heteroatoms. The average Bonchev–Trinajstić information content (AvgIpc) is 3.48. The van der Waals surface area contributed by atoms with Gasteiger partial charge in [-0.2, -0.15) is 0 Å². The minimum atomic E-state index is -3.55. The van der Waals surface area contributed by atoms with Gasteiger partial charge in [0.25, 0.3) is 0 Å². The lowest BCUT2D eigenvalue weighted by molar-refractivity contribution is 0.432. The summed E-state index contributed by atoms with van der Waals surface area (Å²) < 4.78 is 42.7. The highest BCUT2D eigenvalue weighted by Crippen LogP contribution is 2.35. The first kappa shape index (κ1) is 23.9. The number of aromatic nitrogens is 4. The second-order valence-corrected chi connectivity index (χ2v) is 10.4. The Morgan fingerprint density at radius 2 is 1.89 bits per heavy atom. The first-order valence-electron chi connectivity index (χ1n) is 11.0. The Morgan fingerprint density at radius 1 is 1.06 bits per heavy atom. The number of thiazole rings is 1. The van der Waals surface area contributed by atoms with E-state index < -0.39 is 21.6 Å². The normalized spacial score (nSPS) is 11.7. The lowest BCUT2D eigenvalue weighted by atomic mass is 10.1. The van der Waals surface area contributed by atoms with Crippen molar-refractivity contribution in [3.05, 3.63) is 78.2 Å². The minimum absolute atomic E-state index is 0.222. The van der Waals surface area contributed by atoms with Gasteiger partial charge in [-0.25, -0.2) is 32.5 Å². The van der Waals surface area contributed by atoms with E-state index in [4.69, 9.17) is 0 Å². The molecular formula is C24H21FN6O3S2. The fourth-order valence-electron chi connectivity index (χ4n) is 3.65. The van der Waals surface area contributed by atoms with Gasteiger partial charge in [-0.3, -0.25) is 4.40 Å². The smallest absolute Gasteiger partial charge is 0.240 e. The van der Waals surface area contributed by atoms with E-state index >= 15 is 0 Å². The van der Waals surface area contributed by atoms with Crippen molar-refractivity contribution in [2.45, 2.75) is 11.3 Å². The number of nitrogens with zero attached hydrogens (tertiary/aromatic N) is 4. The van der Waals surface area contributed by atoms with E-state index in [2.05, 4.69) is 25.0 Å². The van der Waals surface area contributed by atoms with Crippen molar-refractivity contribution in [2.24, 2.45) is 0 Å². The number of phenols is 1. The molecule has 0 saturated carbocycles. The van der Waals surface area contributed by atoms with Gasteiger partial charge in [-0.15, -0.1) is 11.3 Å². The van der Waals surface area contributed by atoms with Crippen molar-refractivity contribution >= 4 is 32.3 Å². The molecule has 5 rings (SSSR count). The predicted molar refractivity (Wildman–Crippen MR) is 136 cm³/mol. The number of fused-ring (bicyclic) bond motifs is 1. The van der Waals surface area contributed by atoms with E-state index in [-0.39, 0.29) is 11.4 Å². The fraction of sp³-hybridized carbons (Fsp3) is 0.125. The van der Waals surface area contributed by atoms with E-state index in [1.165, 1.54) is 23.5 Å². The number of sulfonamides is 1. The summed E-state index contributed by atoms with van der Waals surface area (Å²) in [7, 11) is -3.55. The number of aromatic hydroxyl groups is 1. The zero-order valence-electron chi connectivity index (χ0n) is 18.8. The molecular weight excluding hydrogens is 503 g/mol. The Kier molecular flexibility index (Phi) is 6.63. The molecule has 184 valence electrons. The van der Waals surface area contributed by atoms with Crippen LogP contribution in [0.1, 0.15) is 6.42 Å². The van der Waals surface area contributed by atoms with Crippen LogP contribution in [0.15, 0.2) is 77.3 Å². The standard InChI is InChI=1S/C24H21FN6O3S2/c25-18-8-7-16(15-20(18)32)21-22(31-13-14-35-24(31)30-21)19-9-12-27-23(29-19)26-10-4-11-28-36(33,34)17-5-2-1-3-6-17/h1-3,5-9,12-15,28,32H,4,10-11H2,(H,26,27,29). The van der Waals surface area contributed by atoms with E-state index in [9.17, 15) is 17.9 Å². The number of benzene rings is 2. The molecule has 0 bridgehead atoms. The third-order valence-electron chi connectivity index (χ3n) is 5.36. The number of rotatable bonds is 9. The molecule has 3 N–H and O–H groups in total. The summed E-state index contributed by atoms with van der Waals surface area (Å²) >= 11 is 1.44. The van der Waals surface area contributed by atoms with Crippen molar-refractivity contribution in [2.75, 3.05) is 18.4 Å². The molecule has 0 aliphatic rings. The summed E-state index contributed by atoms with van der Waals surface area (Å²) in [6.07, 6.45) is 3.99. The maximum atomic E-state index is 13.6. The van der Waals surface area contributed by atoms with Crippen molar-refractivity contribution in [3.63, 3.8) is 0 Å². The number of hydrogen-bond acceptors (Lipinski definition) is 8. The van der Waals surface area contributed by atoms with Crippen molar-refractivity contribution in [3.8, 4) is 28.4 Å². The number of anilines is 1. The monoisotopic (exact) mass is 524 g/mol. The van der Waals surface area contributed by atoms with Gasteiger partial charge in [0.1, 0.15) is 5.69 Å². The van der Waals surface area contributed by atoms with Crippen LogP contribution in [0.3, 0.4) is 0 Å². The second-order valence-electron chi connectivity index (χ2n) is 7.79. The van der Waals surface area contributed by atoms with Crippen LogP contribution in [-0.2, 0) is 10.0 Å². The van der Waals surface area contributed by atoms with E-state index in [1.54, 1.807) is 48.7 Å². The Bertz CT molecular complexity index is 1620. The highest BCUT2D eigenvalue weighted by molar-refractivity contribution is 7.89. The summed E-state index contributed by atoms with van der Waals surface area (Å²) in [6.45, 7) is 0.694. The highest BCUT2D eigenvalue weighted by atomic mass is 32.2. The van der Waals surface area contributed by atoms with Crippen LogP contribution >= 0.6 is 11.3 Å². The zero-order valence-corrected chi connectivity index (χ0v) is 20.4. The Hall–Kier alpha value is -3.87. The van der Waals surface area contributed by atoms with Gasteiger partial charge >= 0.3 is 0 Å². The van der Waals surface area contributed by atoms with Crippen LogP contribution in [0.2, 0.25) is 0 Å². The zero-order chi connectivity index (χ0) is 25.1. The van der Waals surface area contributed by atoms with Crippen LogP contribution in [0.25, 0.3) is 27.6 Å². The molecule has 0 aliphatic heterocycles. The number of nitrogens with one attached hydrogen (secondary N) is 2. The fourth-order valence-corrected chi connectivity index (χ4v) is 5.45. The first-order valence-corrected chi connectivity index (χ1v) is 13.3. The summed E-state index contributed by atoms with van der Waals surface area (Å²) in [6, 6.07) is 14.0. The first-order chi connectivity index (χ1) is 17.4. The number of hydrogen-bond donors (Lipinski definition) is 3. The Morgan fingerprint density at radius 3 is 2.69 bits per heavy atom. The molecule has 0 saturated heterocycles. The van der Waals surface area contributed by atoms with Crippen LogP contribution < -0.4 is 10.0 Å². The summed E-state index contributed by atoms with van der Waals surface area (Å²) in [5, 5.41) is 14.9. The highest BCUT2D eigenvalue weighted by Gasteiger charge is 2.19. The van der Waals surface area contributed by atoms with Crippen LogP contribution in [0.4, 0.5) is 10.3 Å². The molecule has 0 amide bonds. The number of halogens is 1. The van der Waals surface area contributed by atoms with Gasteiger partial charge in [0.05, 0.1) is 16.3 Å². The third-order valence-corrected chi connectivity index (χ3v) is 7.60. The Labute approximate surface area is 210 Å². The van der Waals surface area contributed by atoms with Crippen molar-refractivity contribution in [1.82, 2.24) is 24.1 Å². The van der Waals surface area contributed by atoms with Gasteiger partial charge < -0.3 is 10.4 Å². The van der Waals surface area contributed by atoms with Gasteiger partial charge in [0.2, 0.25) is 16.0 Å². The molecule has 0 aliphatic carbocycles. The van der Waals surface area contributed by atoms with Crippen molar-refractivity contribution in [1.29, 1.82) is 0 Å². The molecule has 5 aromatic rings.